The summed E-state index contributed by atoms with van der Waals surface area (Å²) in [6.07, 6.45) is 2.79. The molecule has 0 aromatic rings. The number of piperidine rings is 3. The molecule has 2 unspecified atom stereocenters. The third kappa shape index (κ3) is 1.09. The quantitative estimate of drug-likeness (QED) is 0.601. The highest BCUT2D eigenvalue weighted by Crippen LogP contribution is 2.35. The van der Waals surface area contributed by atoms with E-state index in [1.54, 1.807) is 0 Å². The molecule has 0 spiro atoms. The molecule has 2 N–H and O–H groups in total. The van der Waals surface area contributed by atoms with E-state index in [9.17, 15) is 0 Å². The van der Waals surface area contributed by atoms with Crippen LogP contribution in [0.15, 0.2) is 0 Å². The second-order valence-electron chi connectivity index (χ2n) is 4.01. The van der Waals surface area contributed by atoms with Crippen molar-refractivity contribution in [1.82, 2.24) is 4.90 Å². The predicted octanol–water partition coefficient (Wildman–Crippen LogP) is 0.675. The molecule has 3 aliphatic rings. The molecule has 0 aliphatic carbocycles. The number of nitrogens with zero attached hydrogens (tertiary/aromatic N) is 1. The first kappa shape index (κ1) is 7.56. The zero-order valence-corrected chi connectivity index (χ0v) is 7.29. The van der Waals surface area contributed by atoms with E-state index in [1.807, 2.05) is 0 Å². The van der Waals surface area contributed by atoms with Crippen molar-refractivity contribution in [2.75, 3.05) is 19.6 Å². The summed E-state index contributed by atoms with van der Waals surface area (Å²) in [6.45, 7) is 5.87. The molecule has 3 aliphatic heterocycles. The van der Waals surface area contributed by atoms with Gasteiger partial charge in [0.2, 0.25) is 0 Å². The molecule has 2 heteroatoms. The van der Waals surface area contributed by atoms with Gasteiger partial charge in [-0.25, -0.2) is 0 Å². The van der Waals surface area contributed by atoms with Gasteiger partial charge in [0, 0.05) is 6.04 Å². The van der Waals surface area contributed by atoms with Gasteiger partial charge in [0.1, 0.15) is 0 Å². The van der Waals surface area contributed by atoms with Crippen LogP contribution in [0, 0.1) is 11.8 Å². The molecule has 3 fully saturated rings. The fourth-order valence-electron chi connectivity index (χ4n) is 2.81. The Labute approximate surface area is 68.7 Å². The van der Waals surface area contributed by atoms with Gasteiger partial charge in [-0.15, -0.1) is 0 Å². The van der Waals surface area contributed by atoms with Crippen LogP contribution in [0.3, 0.4) is 0 Å². The molecule has 0 saturated carbocycles. The van der Waals surface area contributed by atoms with Crippen LogP contribution in [0.2, 0.25) is 0 Å². The highest BCUT2D eigenvalue weighted by Gasteiger charge is 2.38. The average Bonchev–Trinajstić information content (AvgIpc) is 2.06. The number of hydrogen-bond acceptors (Lipinski definition) is 2. The molecule has 0 aromatic carbocycles. The van der Waals surface area contributed by atoms with E-state index in [4.69, 9.17) is 5.73 Å². The van der Waals surface area contributed by atoms with Crippen molar-refractivity contribution in [2.45, 2.75) is 25.8 Å². The minimum absolute atomic E-state index is 0.757. The first-order valence-corrected chi connectivity index (χ1v) is 4.77. The molecule has 0 amide bonds. The monoisotopic (exact) mass is 154 g/mol. The topological polar surface area (TPSA) is 29.3 Å². The van der Waals surface area contributed by atoms with E-state index in [2.05, 4.69) is 11.8 Å². The highest BCUT2D eigenvalue weighted by atomic mass is 15.2. The smallest absolute Gasteiger partial charge is 0.0110 e. The summed E-state index contributed by atoms with van der Waals surface area (Å²) in [5.74, 6) is 1.73. The minimum atomic E-state index is 0.757. The van der Waals surface area contributed by atoms with Crippen molar-refractivity contribution in [2.24, 2.45) is 17.6 Å². The van der Waals surface area contributed by atoms with Crippen LogP contribution in [0.5, 0.6) is 0 Å². The Morgan fingerprint density at radius 2 is 2.00 bits per heavy atom. The van der Waals surface area contributed by atoms with E-state index in [-0.39, 0.29) is 0 Å². The maximum absolute atomic E-state index is 5.75. The van der Waals surface area contributed by atoms with Crippen LogP contribution in [0.1, 0.15) is 19.8 Å². The molecule has 3 rings (SSSR count). The number of rotatable bonds is 1. The molecule has 2 atom stereocenters. The van der Waals surface area contributed by atoms with Crippen molar-refractivity contribution in [3.63, 3.8) is 0 Å². The highest BCUT2D eigenvalue weighted by molar-refractivity contribution is 4.92. The predicted molar refractivity (Wildman–Crippen MR) is 46.3 cm³/mol. The minimum Gasteiger partial charge on any atom is -0.330 e. The summed E-state index contributed by atoms with van der Waals surface area (Å²) in [5, 5.41) is 0. The molecule has 2 bridgehead atoms. The first-order chi connectivity index (χ1) is 5.33. The van der Waals surface area contributed by atoms with E-state index >= 15 is 0 Å². The van der Waals surface area contributed by atoms with Crippen molar-refractivity contribution in [3.8, 4) is 0 Å². The van der Waals surface area contributed by atoms with Crippen molar-refractivity contribution >= 4 is 0 Å². The third-order valence-corrected chi connectivity index (χ3v) is 3.65. The molecule has 2 nitrogen and oxygen atoms in total. The Morgan fingerprint density at radius 1 is 1.36 bits per heavy atom. The first-order valence-electron chi connectivity index (χ1n) is 4.77. The zero-order chi connectivity index (χ0) is 7.84. The standard InChI is InChI=1S/C9H18N2/c1-7-9(6-10)8-2-4-11(7)5-3-8/h7-9H,2-6,10H2,1H3. The van der Waals surface area contributed by atoms with Crippen LogP contribution >= 0.6 is 0 Å². The zero-order valence-electron chi connectivity index (χ0n) is 7.29. The SMILES string of the molecule is CC1C(CN)C2CCN1CC2. The summed E-state index contributed by atoms with van der Waals surface area (Å²) in [6, 6.07) is 0.757. The molecule has 64 valence electrons. The van der Waals surface area contributed by atoms with Gasteiger partial charge in [0.05, 0.1) is 0 Å². The number of fused-ring (bicyclic) bond motifs is 3. The Kier molecular flexibility index (Phi) is 1.90. The Balaban J connectivity index is 2.10. The van der Waals surface area contributed by atoms with Gasteiger partial charge in [-0.2, -0.15) is 0 Å². The van der Waals surface area contributed by atoms with Gasteiger partial charge in [0.15, 0.2) is 0 Å². The summed E-state index contributed by atoms with van der Waals surface area (Å²) < 4.78 is 0. The Morgan fingerprint density at radius 3 is 2.36 bits per heavy atom. The van der Waals surface area contributed by atoms with Crippen LogP contribution in [0.4, 0.5) is 0 Å². The van der Waals surface area contributed by atoms with Gasteiger partial charge in [-0.1, -0.05) is 0 Å². The van der Waals surface area contributed by atoms with Crippen LogP contribution in [0.25, 0.3) is 0 Å². The fourth-order valence-corrected chi connectivity index (χ4v) is 2.81. The lowest BCUT2D eigenvalue weighted by atomic mass is 9.74. The van der Waals surface area contributed by atoms with Gasteiger partial charge < -0.3 is 10.6 Å². The number of nitrogens with two attached hydrogens (primary N) is 1. The van der Waals surface area contributed by atoms with E-state index in [0.29, 0.717) is 0 Å². The molecule has 11 heavy (non-hydrogen) atoms. The Hall–Kier alpha value is -0.0800. The lowest BCUT2D eigenvalue weighted by Crippen LogP contribution is -2.55. The van der Waals surface area contributed by atoms with E-state index in [1.165, 1.54) is 25.9 Å². The summed E-state index contributed by atoms with van der Waals surface area (Å²) in [5.41, 5.74) is 5.75. The summed E-state index contributed by atoms with van der Waals surface area (Å²) >= 11 is 0. The molecular formula is C9H18N2. The second kappa shape index (κ2) is 2.76. The molecule has 3 heterocycles. The third-order valence-electron chi connectivity index (χ3n) is 3.65. The lowest BCUT2D eigenvalue weighted by molar-refractivity contribution is 0.00346. The van der Waals surface area contributed by atoms with Crippen molar-refractivity contribution < 1.29 is 0 Å². The Bertz CT molecular complexity index is 136. The van der Waals surface area contributed by atoms with Gasteiger partial charge in [-0.3, -0.25) is 0 Å². The molecule has 0 radical (unpaired) electrons. The second-order valence-corrected chi connectivity index (χ2v) is 4.01. The lowest BCUT2D eigenvalue weighted by Gasteiger charge is -2.49. The summed E-state index contributed by atoms with van der Waals surface area (Å²) in [7, 11) is 0. The maximum Gasteiger partial charge on any atom is 0.0110 e. The largest absolute Gasteiger partial charge is 0.330 e. The van der Waals surface area contributed by atoms with E-state index in [0.717, 1.165) is 24.4 Å². The fraction of sp³-hybridized carbons (Fsp3) is 1.00. The number of hydrogen-bond donors (Lipinski definition) is 1. The average molecular weight is 154 g/mol. The van der Waals surface area contributed by atoms with Crippen molar-refractivity contribution in [1.29, 1.82) is 0 Å². The van der Waals surface area contributed by atoms with Crippen LogP contribution in [-0.2, 0) is 0 Å². The molecule has 3 saturated heterocycles. The normalized spacial score (nSPS) is 49.6. The van der Waals surface area contributed by atoms with Gasteiger partial charge >= 0.3 is 0 Å². The maximum atomic E-state index is 5.75. The molecule has 0 aromatic heterocycles. The summed E-state index contributed by atoms with van der Waals surface area (Å²) in [4.78, 5) is 2.59. The van der Waals surface area contributed by atoms with Crippen molar-refractivity contribution in [3.05, 3.63) is 0 Å². The van der Waals surface area contributed by atoms with Gasteiger partial charge in [-0.05, 0) is 51.2 Å². The van der Waals surface area contributed by atoms with E-state index < -0.39 is 0 Å². The molecular weight excluding hydrogens is 136 g/mol. The van der Waals surface area contributed by atoms with Crippen LogP contribution < -0.4 is 5.73 Å². The van der Waals surface area contributed by atoms with Crippen LogP contribution in [-0.4, -0.2) is 30.6 Å². The van der Waals surface area contributed by atoms with Gasteiger partial charge in [0.25, 0.3) is 0 Å².